The van der Waals surface area contributed by atoms with Gasteiger partial charge in [-0.1, -0.05) is 6.07 Å². The number of nitrogens with two attached hydrogens (primary N) is 1. The van der Waals surface area contributed by atoms with Gasteiger partial charge in [0.2, 0.25) is 0 Å². The van der Waals surface area contributed by atoms with Crippen molar-refractivity contribution < 1.29 is 0 Å². The molecule has 1 aromatic carbocycles. The molecule has 2 aromatic rings. The van der Waals surface area contributed by atoms with Crippen LogP contribution in [0.3, 0.4) is 0 Å². The number of nitrogens with zero attached hydrogens (tertiary/aromatic N) is 1. The molecule has 2 N–H and O–H groups in total. The molecule has 0 amide bonds. The van der Waals surface area contributed by atoms with Gasteiger partial charge in [-0.05, 0) is 57.6 Å². The van der Waals surface area contributed by atoms with E-state index < -0.39 is 0 Å². The molecule has 1 aromatic heterocycles. The molecular formula is C13H15BrN2S. The molecule has 4 heteroatoms. The fraction of sp³-hybridized carbons (Fsp3) is 0.231. The van der Waals surface area contributed by atoms with Crippen molar-refractivity contribution in [1.82, 2.24) is 0 Å². The fourth-order valence-electron chi connectivity index (χ4n) is 1.66. The second-order valence-corrected chi connectivity index (χ2v) is 6.45. The van der Waals surface area contributed by atoms with Gasteiger partial charge in [0, 0.05) is 25.0 Å². The third-order valence-corrected chi connectivity index (χ3v) is 4.30. The van der Waals surface area contributed by atoms with E-state index in [2.05, 4.69) is 51.5 Å². The number of rotatable bonds is 3. The van der Waals surface area contributed by atoms with E-state index in [0.717, 1.165) is 23.5 Å². The quantitative estimate of drug-likeness (QED) is 0.867. The Balaban J connectivity index is 2.14. The van der Waals surface area contributed by atoms with E-state index in [1.165, 1.54) is 9.35 Å². The smallest absolute Gasteiger partial charge is 0.0701 e. The van der Waals surface area contributed by atoms with E-state index in [1.54, 1.807) is 11.3 Å². The molecule has 90 valence electrons. The minimum Gasteiger partial charge on any atom is -0.398 e. The lowest BCUT2D eigenvalue weighted by Gasteiger charge is -2.19. The van der Waals surface area contributed by atoms with Crippen LogP contribution in [0.1, 0.15) is 11.1 Å². The van der Waals surface area contributed by atoms with E-state index >= 15 is 0 Å². The van der Waals surface area contributed by atoms with Gasteiger partial charge >= 0.3 is 0 Å². The summed E-state index contributed by atoms with van der Waals surface area (Å²) in [6, 6.07) is 8.34. The average molecular weight is 311 g/mol. The average Bonchev–Trinajstić information content (AvgIpc) is 2.68. The lowest BCUT2D eigenvalue weighted by atomic mass is 10.1. The highest BCUT2D eigenvalue weighted by Gasteiger charge is 2.05. The first-order valence-corrected chi connectivity index (χ1v) is 7.03. The normalized spacial score (nSPS) is 10.5. The first kappa shape index (κ1) is 12.5. The summed E-state index contributed by atoms with van der Waals surface area (Å²) in [7, 11) is 2.08. The van der Waals surface area contributed by atoms with Gasteiger partial charge in [-0.3, -0.25) is 0 Å². The predicted octanol–water partition coefficient (Wildman–Crippen LogP) is 4.04. The minimum atomic E-state index is 0.848. The molecular weight excluding hydrogens is 296 g/mol. The molecule has 0 unspecified atom stereocenters. The molecule has 0 atom stereocenters. The topological polar surface area (TPSA) is 29.3 Å². The maximum atomic E-state index is 5.92. The first-order chi connectivity index (χ1) is 8.06. The number of aryl methyl sites for hydroxylation is 1. The van der Waals surface area contributed by atoms with Crippen LogP contribution in [-0.2, 0) is 6.54 Å². The van der Waals surface area contributed by atoms with E-state index in [1.807, 2.05) is 13.0 Å². The molecule has 2 nitrogen and oxygen atoms in total. The number of nitrogen functional groups attached to an aromatic ring is 1. The minimum absolute atomic E-state index is 0.848. The van der Waals surface area contributed by atoms with Gasteiger partial charge in [-0.25, -0.2) is 0 Å². The van der Waals surface area contributed by atoms with E-state index in [0.29, 0.717) is 0 Å². The fourth-order valence-corrected chi connectivity index (χ4v) is 2.86. The van der Waals surface area contributed by atoms with Crippen LogP contribution in [0.25, 0.3) is 0 Å². The highest BCUT2D eigenvalue weighted by Crippen LogP contribution is 2.25. The Morgan fingerprint density at radius 2 is 2.12 bits per heavy atom. The number of hydrogen-bond acceptors (Lipinski definition) is 3. The molecule has 0 spiro atoms. The number of benzene rings is 1. The lowest BCUT2D eigenvalue weighted by molar-refractivity contribution is 0.927. The van der Waals surface area contributed by atoms with Crippen molar-refractivity contribution in [3.05, 3.63) is 44.6 Å². The van der Waals surface area contributed by atoms with Crippen LogP contribution in [0.4, 0.5) is 11.4 Å². The van der Waals surface area contributed by atoms with Crippen LogP contribution in [0.5, 0.6) is 0 Å². The summed E-state index contributed by atoms with van der Waals surface area (Å²) in [5.74, 6) is 0. The highest BCUT2D eigenvalue weighted by molar-refractivity contribution is 9.11. The summed E-state index contributed by atoms with van der Waals surface area (Å²) in [5.41, 5.74) is 10.4. The van der Waals surface area contributed by atoms with E-state index in [9.17, 15) is 0 Å². The molecule has 0 aliphatic rings. The van der Waals surface area contributed by atoms with Gasteiger partial charge in [0.15, 0.2) is 0 Å². The SMILES string of the molecule is Cc1ccc(N(C)Cc2csc(Br)c2)cc1N. The second kappa shape index (κ2) is 5.10. The summed E-state index contributed by atoms with van der Waals surface area (Å²) >= 11 is 5.19. The summed E-state index contributed by atoms with van der Waals surface area (Å²) < 4.78 is 1.17. The Bertz CT molecular complexity index is 522. The van der Waals surface area contributed by atoms with Crippen LogP contribution in [0, 0.1) is 6.92 Å². The third kappa shape index (κ3) is 3.01. The molecule has 0 saturated carbocycles. The molecule has 2 rings (SSSR count). The Morgan fingerprint density at radius 1 is 1.35 bits per heavy atom. The maximum absolute atomic E-state index is 5.92. The molecule has 1 heterocycles. The van der Waals surface area contributed by atoms with E-state index in [-0.39, 0.29) is 0 Å². The number of hydrogen-bond donors (Lipinski definition) is 1. The van der Waals surface area contributed by atoms with Crippen molar-refractivity contribution in [2.75, 3.05) is 17.7 Å². The highest BCUT2D eigenvalue weighted by atomic mass is 79.9. The predicted molar refractivity (Wildman–Crippen MR) is 79.7 cm³/mol. The van der Waals surface area contributed by atoms with Gasteiger partial charge < -0.3 is 10.6 Å². The van der Waals surface area contributed by atoms with Gasteiger partial charge in [0.05, 0.1) is 3.79 Å². The van der Waals surface area contributed by atoms with Crippen LogP contribution in [0.2, 0.25) is 0 Å². The third-order valence-electron chi connectivity index (χ3n) is 2.75. The van der Waals surface area contributed by atoms with Crippen molar-refractivity contribution in [2.24, 2.45) is 0 Å². The van der Waals surface area contributed by atoms with E-state index in [4.69, 9.17) is 5.73 Å². The summed E-state index contributed by atoms with van der Waals surface area (Å²) in [6.45, 7) is 2.92. The van der Waals surface area contributed by atoms with Crippen LogP contribution in [-0.4, -0.2) is 7.05 Å². The molecule has 17 heavy (non-hydrogen) atoms. The van der Waals surface area contributed by atoms with Crippen molar-refractivity contribution in [3.8, 4) is 0 Å². The van der Waals surface area contributed by atoms with Gasteiger partial charge in [0.1, 0.15) is 0 Å². The van der Waals surface area contributed by atoms with Crippen molar-refractivity contribution in [1.29, 1.82) is 0 Å². The molecule has 0 fully saturated rings. The van der Waals surface area contributed by atoms with Crippen molar-refractivity contribution in [3.63, 3.8) is 0 Å². The first-order valence-electron chi connectivity index (χ1n) is 5.36. The van der Waals surface area contributed by atoms with Gasteiger partial charge in [0.25, 0.3) is 0 Å². The molecule has 0 aliphatic heterocycles. The van der Waals surface area contributed by atoms with Gasteiger partial charge in [-0.15, -0.1) is 11.3 Å². The van der Waals surface area contributed by atoms with Crippen molar-refractivity contribution >= 4 is 38.6 Å². The monoisotopic (exact) mass is 310 g/mol. The zero-order valence-corrected chi connectivity index (χ0v) is 12.3. The van der Waals surface area contributed by atoms with Gasteiger partial charge in [-0.2, -0.15) is 0 Å². The van der Waals surface area contributed by atoms with Crippen LogP contribution >= 0.6 is 27.3 Å². The Hall–Kier alpha value is -1.00. The van der Waals surface area contributed by atoms with Crippen molar-refractivity contribution in [2.45, 2.75) is 13.5 Å². The number of halogens is 1. The summed E-state index contributed by atoms with van der Waals surface area (Å²) in [5, 5.41) is 2.16. The number of thiophene rings is 1. The number of anilines is 2. The largest absolute Gasteiger partial charge is 0.398 e. The Labute approximate surface area is 114 Å². The van der Waals surface area contributed by atoms with Crippen LogP contribution < -0.4 is 10.6 Å². The molecule has 0 aliphatic carbocycles. The lowest BCUT2D eigenvalue weighted by Crippen LogP contribution is -2.16. The standard InChI is InChI=1S/C13H15BrN2S/c1-9-3-4-11(6-12(9)15)16(2)7-10-5-13(14)17-8-10/h3-6,8H,7,15H2,1-2H3. The molecule has 0 saturated heterocycles. The van der Waals surface area contributed by atoms with Crippen LogP contribution in [0.15, 0.2) is 33.4 Å². The zero-order valence-electron chi connectivity index (χ0n) is 9.90. The Morgan fingerprint density at radius 3 is 2.71 bits per heavy atom. The maximum Gasteiger partial charge on any atom is 0.0701 e. The summed E-state index contributed by atoms with van der Waals surface area (Å²) in [4.78, 5) is 2.20. The Kier molecular flexibility index (Phi) is 3.74. The molecule has 0 bridgehead atoms. The molecule has 0 radical (unpaired) electrons. The zero-order chi connectivity index (χ0) is 12.4. The summed E-state index contributed by atoms with van der Waals surface area (Å²) in [6.07, 6.45) is 0. The second-order valence-electron chi connectivity index (χ2n) is 4.16.